The molecule has 1 fully saturated rings. The summed E-state index contributed by atoms with van der Waals surface area (Å²) in [5.74, 6) is -0.338. The Morgan fingerprint density at radius 3 is 1.96 bits per heavy atom. The van der Waals surface area contributed by atoms with Crippen LogP contribution >= 0.6 is 0 Å². The van der Waals surface area contributed by atoms with Gasteiger partial charge in [-0.3, -0.25) is 9.59 Å². The molecule has 1 atom stereocenters. The summed E-state index contributed by atoms with van der Waals surface area (Å²) in [6.45, 7) is 13.2. The van der Waals surface area contributed by atoms with Crippen molar-refractivity contribution in [2.75, 3.05) is 7.11 Å². The third kappa shape index (κ3) is 4.19. The van der Waals surface area contributed by atoms with E-state index in [-0.39, 0.29) is 22.6 Å². The number of ether oxygens (including phenoxy) is 1. The fourth-order valence-corrected chi connectivity index (χ4v) is 3.77. The summed E-state index contributed by atoms with van der Waals surface area (Å²) in [7, 11) is 1.39. The second-order valence-corrected chi connectivity index (χ2v) is 9.80. The highest BCUT2D eigenvalue weighted by Crippen LogP contribution is 2.39. The van der Waals surface area contributed by atoms with Crippen LogP contribution in [0.1, 0.15) is 83.9 Å². The number of carbonyl (C=O) groups excluding carboxylic acids is 2. The van der Waals surface area contributed by atoms with Crippen molar-refractivity contribution in [1.29, 1.82) is 0 Å². The van der Waals surface area contributed by atoms with Gasteiger partial charge in [0.1, 0.15) is 5.41 Å². The maximum absolute atomic E-state index is 12.8. The number of carbonyl (C=O) groups is 2. The largest absolute Gasteiger partial charge is 0.468 e. The van der Waals surface area contributed by atoms with E-state index in [9.17, 15) is 9.59 Å². The quantitative estimate of drug-likeness (QED) is 0.556. The molecule has 0 heterocycles. The standard InChI is InChI=1S/C23H34O3/c1-21(2,3)17-12-16(13-18(14-17)22(4,5)6)15-23(20(25)26-7)11-9-8-10-19(23)24/h12-14H,8-11,15H2,1-7H3. The molecule has 3 nitrogen and oxygen atoms in total. The van der Waals surface area contributed by atoms with Crippen molar-refractivity contribution in [3.8, 4) is 0 Å². The van der Waals surface area contributed by atoms with E-state index in [2.05, 4.69) is 59.7 Å². The number of methoxy groups -OCH3 is 1. The molecule has 0 aliphatic heterocycles. The van der Waals surface area contributed by atoms with E-state index >= 15 is 0 Å². The average Bonchev–Trinajstić information content (AvgIpc) is 2.54. The molecule has 0 saturated heterocycles. The Balaban J connectivity index is 2.55. The molecule has 1 aliphatic carbocycles. The Morgan fingerprint density at radius 2 is 1.54 bits per heavy atom. The maximum Gasteiger partial charge on any atom is 0.319 e. The molecule has 144 valence electrons. The molecule has 1 unspecified atom stereocenters. The first-order valence-electron chi connectivity index (χ1n) is 9.67. The van der Waals surface area contributed by atoms with Gasteiger partial charge in [0.2, 0.25) is 0 Å². The molecule has 1 aromatic carbocycles. The maximum atomic E-state index is 12.8. The van der Waals surface area contributed by atoms with Gasteiger partial charge >= 0.3 is 5.97 Å². The van der Waals surface area contributed by atoms with E-state index in [1.165, 1.54) is 18.2 Å². The van der Waals surface area contributed by atoms with Gasteiger partial charge in [0.05, 0.1) is 7.11 Å². The average molecular weight is 359 g/mol. The van der Waals surface area contributed by atoms with Crippen molar-refractivity contribution in [2.45, 2.75) is 84.5 Å². The van der Waals surface area contributed by atoms with Crippen LogP contribution in [0.15, 0.2) is 18.2 Å². The third-order valence-electron chi connectivity index (χ3n) is 5.60. The van der Waals surface area contributed by atoms with E-state index in [4.69, 9.17) is 4.74 Å². The number of Topliss-reactive ketones (excluding diaryl/α,β-unsaturated/α-hetero) is 1. The third-order valence-corrected chi connectivity index (χ3v) is 5.60. The molecule has 0 amide bonds. The van der Waals surface area contributed by atoms with Gasteiger partial charge in [-0.1, -0.05) is 66.2 Å². The first-order valence-corrected chi connectivity index (χ1v) is 9.67. The Kier molecular flexibility index (Phi) is 5.70. The minimum atomic E-state index is -1.02. The molecular weight excluding hydrogens is 324 g/mol. The molecule has 0 spiro atoms. The molecule has 0 N–H and O–H groups in total. The molecule has 0 aromatic heterocycles. The SMILES string of the molecule is COC(=O)C1(Cc2cc(C(C)(C)C)cc(C(C)(C)C)c2)CCCCC1=O. The monoisotopic (exact) mass is 358 g/mol. The van der Waals surface area contributed by atoms with Gasteiger partial charge < -0.3 is 4.74 Å². The lowest BCUT2D eigenvalue weighted by Gasteiger charge is -2.34. The topological polar surface area (TPSA) is 43.4 Å². The molecule has 1 saturated carbocycles. The van der Waals surface area contributed by atoms with Crippen LogP contribution < -0.4 is 0 Å². The predicted molar refractivity (Wildman–Crippen MR) is 105 cm³/mol. The molecule has 1 aromatic rings. The lowest BCUT2D eigenvalue weighted by atomic mass is 9.68. The van der Waals surface area contributed by atoms with E-state index in [1.807, 2.05) is 0 Å². The summed E-state index contributed by atoms with van der Waals surface area (Å²) < 4.78 is 5.07. The molecule has 26 heavy (non-hydrogen) atoms. The number of hydrogen-bond donors (Lipinski definition) is 0. The highest BCUT2D eigenvalue weighted by molar-refractivity contribution is 6.04. The first-order chi connectivity index (χ1) is 11.9. The van der Waals surface area contributed by atoms with Crippen LogP contribution in [0, 0.1) is 5.41 Å². The molecule has 1 aliphatic rings. The van der Waals surface area contributed by atoms with Crippen LogP contribution in [0.3, 0.4) is 0 Å². The van der Waals surface area contributed by atoms with Gasteiger partial charge in [0, 0.05) is 6.42 Å². The van der Waals surface area contributed by atoms with Gasteiger partial charge in [0.25, 0.3) is 0 Å². The number of ketones is 1. The highest BCUT2D eigenvalue weighted by atomic mass is 16.5. The van der Waals surface area contributed by atoms with Crippen molar-refractivity contribution in [3.63, 3.8) is 0 Å². The van der Waals surface area contributed by atoms with Crippen molar-refractivity contribution in [1.82, 2.24) is 0 Å². The Bertz CT molecular complexity index is 646. The van der Waals surface area contributed by atoms with Crippen LogP contribution in [0.5, 0.6) is 0 Å². The summed E-state index contributed by atoms with van der Waals surface area (Å²) in [5.41, 5.74) is 2.53. The molecule has 2 rings (SSSR count). The van der Waals surface area contributed by atoms with Crippen molar-refractivity contribution >= 4 is 11.8 Å². The van der Waals surface area contributed by atoms with Gasteiger partial charge in [-0.25, -0.2) is 0 Å². The second kappa shape index (κ2) is 7.17. The zero-order valence-electron chi connectivity index (χ0n) is 17.5. The number of esters is 1. The summed E-state index contributed by atoms with van der Waals surface area (Å²) in [4.78, 5) is 25.4. The normalized spacial score (nSPS) is 21.6. The zero-order valence-corrected chi connectivity index (χ0v) is 17.5. The molecule has 0 radical (unpaired) electrons. The van der Waals surface area contributed by atoms with Gasteiger partial charge in [-0.15, -0.1) is 0 Å². The van der Waals surface area contributed by atoms with Gasteiger partial charge in [0.15, 0.2) is 5.78 Å². The number of hydrogen-bond acceptors (Lipinski definition) is 3. The lowest BCUT2D eigenvalue weighted by molar-refractivity contribution is -0.160. The number of rotatable bonds is 3. The highest BCUT2D eigenvalue weighted by Gasteiger charge is 2.47. The fraction of sp³-hybridized carbons (Fsp3) is 0.652. The summed E-state index contributed by atoms with van der Waals surface area (Å²) in [5, 5.41) is 0. The fourth-order valence-electron chi connectivity index (χ4n) is 3.77. The van der Waals surface area contributed by atoms with Crippen molar-refractivity contribution in [2.24, 2.45) is 5.41 Å². The van der Waals surface area contributed by atoms with E-state index in [0.29, 0.717) is 19.3 Å². The lowest BCUT2D eigenvalue weighted by Crippen LogP contribution is -2.44. The van der Waals surface area contributed by atoms with Crippen LogP contribution in [0.25, 0.3) is 0 Å². The van der Waals surface area contributed by atoms with E-state index in [1.54, 1.807) is 0 Å². The predicted octanol–water partition coefficient (Wildman–Crippen LogP) is 5.13. The van der Waals surface area contributed by atoms with Crippen LogP contribution in [0.4, 0.5) is 0 Å². The Morgan fingerprint density at radius 1 is 1.00 bits per heavy atom. The minimum Gasteiger partial charge on any atom is -0.468 e. The van der Waals surface area contributed by atoms with Crippen LogP contribution in [0.2, 0.25) is 0 Å². The van der Waals surface area contributed by atoms with Gasteiger partial charge in [-0.05, 0) is 46.8 Å². The van der Waals surface area contributed by atoms with Crippen LogP contribution in [-0.2, 0) is 31.6 Å². The van der Waals surface area contributed by atoms with Crippen LogP contribution in [-0.4, -0.2) is 18.9 Å². The second-order valence-electron chi connectivity index (χ2n) is 9.80. The minimum absolute atomic E-state index is 0.00497. The smallest absolute Gasteiger partial charge is 0.319 e. The number of benzene rings is 1. The molecular formula is C23H34O3. The Labute approximate surface area is 158 Å². The molecule has 0 bridgehead atoms. The zero-order chi connectivity index (χ0) is 19.8. The van der Waals surface area contributed by atoms with Crippen molar-refractivity contribution < 1.29 is 14.3 Å². The van der Waals surface area contributed by atoms with E-state index in [0.717, 1.165) is 18.4 Å². The van der Waals surface area contributed by atoms with Crippen molar-refractivity contribution in [3.05, 3.63) is 34.9 Å². The molecule has 3 heteroatoms. The van der Waals surface area contributed by atoms with E-state index < -0.39 is 5.41 Å². The first kappa shape index (κ1) is 20.7. The van der Waals surface area contributed by atoms with Gasteiger partial charge in [-0.2, -0.15) is 0 Å². The Hall–Kier alpha value is -1.64. The summed E-state index contributed by atoms with van der Waals surface area (Å²) in [6, 6.07) is 6.60. The summed E-state index contributed by atoms with van der Waals surface area (Å²) >= 11 is 0. The summed E-state index contributed by atoms with van der Waals surface area (Å²) in [6.07, 6.45) is 3.26.